The largest absolute Gasteiger partial charge is 0.452 e. The van der Waals surface area contributed by atoms with Crippen LogP contribution in [0.2, 0.25) is 5.02 Å². The summed E-state index contributed by atoms with van der Waals surface area (Å²) in [4.78, 5) is 12.5. The van der Waals surface area contributed by atoms with E-state index in [1.54, 1.807) is 24.3 Å². The molecule has 0 aliphatic carbocycles. The summed E-state index contributed by atoms with van der Waals surface area (Å²) in [6, 6.07) is 12.7. The van der Waals surface area contributed by atoms with E-state index in [-0.39, 0.29) is 5.78 Å². The van der Waals surface area contributed by atoms with E-state index < -0.39 is 0 Å². The highest BCUT2D eigenvalue weighted by Crippen LogP contribution is 2.28. The van der Waals surface area contributed by atoms with Crippen molar-refractivity contribution in [2.45, 2.75) is 6.92 Å². The molecule has 0 aliphatic rings. The van der Waals surface area contributed by atoms with E-state index in [4.69, 9.17) is 16.0 Å². The number of furan rings is 1. The zero-order chi connectivity index (χ0) is 14.3. The molecule has 0 aliphatic heterocycles. The van der Waals surface area contributed by atoms with Crippen LogP contribution in [-0.2, 0) is 0 Å². The first-order chi connectivity index (χ1) is 9.56. The zero-order valence-electron chi connectivity index (χ0n) is 10.6. The molecule has 0 saturated heterocycles. The number of fused-ring (bicyclic) bond motifs is 1. The molecule has 1 aromatic heterocycles. The van der Waals surface area contributed by atoms with Gasteiger partial charge in [-0.2, -0.15) is 0 Å². The van der Waals surface area contributed by atoms with Gasteiger partial charge in [-0.3, -0.25) is 4.79 Å². The highest BCUT2D eigenvalue weighted by Gasteiger charge is 2.18. The molecule has 0 N–H and O–H groups in total. The van der Waals surface area contributed by atoms with Crippen LogP contribution >= 0.6 is 27.5 Å². The van der Waals surface area contributed by atoms with Crippen molar-refractivity contribution in [2.24, 2.45) is 0 Å². The molecule has 3 rings (SSSR count). The van der Waals surface area contributed by atoms with Gasteiger partial charge in [0.1, 0.15) is 5.58 Å². The van der Waals surface area contributed by atoms with E-state index in [2.05, 4.69) is 15.9 Å². The fraction of sp³-hybridized carbons (Fsp3) is 0.0625. The van der Waals surface area contributed by atoms with Crippen LogP contribution in [0.5, 0.6) is 0 Å². The van der Waals surface area contributed by atoms with Gasteiger partial charge in [-0.1, -0.05) is 45.7 Å². The van der Waals surface area contributed by atoms with Gasteiger partial charge in [-0.25, -0.2) is 0 Å². The number of rotatable bonds is 2. The molecular formula is C16H10BrClO2. The summed E-state index contributed by atoms with van der Waals surface area (Å²) in [5.41, 5.74) is 2.17. The molecule has 0 amide bonds. The van der Waals surface area contributed by atoms with Gasteiger partial charge in [0.15, 0.2) is 5.76 Å². The molecule has 0 bridgehead atoms. The minimum atomic E-state index is -0.216. The second kappa shape index (κ2) is 5.08. The number of carbonyl (C=O) groups excluding carboxylic acids is 1. The van der Waals surface area contributed by atoms with Crippen LogP contribution in [0.25, 0.3) is 11.0 Å². The zero-order valence-corrected chi connectivity index (χ0v) is 13.0. The molecule has 0 unspecified atom stereocenters. The second-order valence-corrected chi connectivity index (χ2v) is 5.88. The molecule has 2 aromatic carbocycles. The SMILES string of the molecule is Cc1cccc2cc(C(=O)c3cc(Br)ccc3Cl)oc12. The maximum Gasteiger partial charge on any atom is 0.229 e. The summed E-state index contributed by atoms with van der Waals surface area (Å²) >= 11 is 9.43. The Hall–Kier alpha value is -1.58. The Morgan fingerprint density at radius 1 is 1.20 bits per heavy atom. The van der Waals surface area contributed by atoms with Crippen molar-refractivity contribution in [1.29, 1.82) is 0 Å². The van der Waals surface area contributed by atoms with E-state index in [1.807, 2.05) is 25.1 Å². The van der Waals surface area contributed by atoms with Crippen LogP contribution in [0.1, 0.15) is 21.7 Å². The minimum Gasteiger partial charge on any atom is -0.452 e. The Balaban J connectivity index is 2.13. The van der Waals surface area contributed by atoms with Crippen LogP contribution in [-0.4, -0.2) is 5.78 Å². The maximum absolute atomic E-state index is 12.5. The molecule has 0 radical (unpaired) electrons. The Kier molecular flexibility index (Phi) is 3.40. The normalized spacial score (nSPS) is 10.9. The smallest absolute Gasteiger partial charge is 0.229 e. The summed E-state index contributed by atoms with van der Waals surface area (Å²) in [5.74, 6) is 0.0844. The van der Waals surface area contributed by atoms with Crippen molar-refractivity contribution < 1.29 is 9.21 Å². The Morgan fingerprint density at radius 2 is 2.00 bits per heavy atom. The molecule has 1 heterocycles. The molecule has 20 heavy (non-hydrogen) atoms. The number of ketones is 1. The van der Waals surface area contributed by atoms with Crippen LogP contribution in [0.4, 0.5) is 0 Å². The van der Waals surface area contributed by atoms with Crippen molar-refractivity contribution in [3.05, 3.63) is 68.8 Å². The van der Waals surface area contributed by atoms with Gasteiger partial charge in [0.05, 0.1) is 5.02 Å². The average Bonchev–Trinajstić information content (AvgIpc) is 2.86. The van der Waals surface area contributed by atoms with Crippen LogP contribution in [0.15, 0.2) is 51.4 Å². The van der Waals surface area contributed by atoms with Gasteiger partial charge in [-0.15, -0.1) is 0 Å². The van der Waals surface area contributed by atoms with Crippen molar-refractivity contribution in [1.82, 2.24) is 0 Å². The fourth-order valence-corrected chi connectivity index (χ4v) is 2.69. The molecule has 3 aromatic rings. The number of hydrogen-bond donors (Lipinski definition) is 0. The Labute approximate surface area is 129 Å². The summed E-state index contributed by atoms with van der Waals surface area (Å²) in [7, 11) is 0. The van der Waals surface area contributed by atoms with Gasteiger partial charge >= 0.3 is 0 Å². The van der Waals surface area contributed by atoms with Gasteiger partial charge in [0, 0.05) is 15.4 Å². The lowest BCUT2D eigenvalue weighted by molar-refractivity contribution is 0.101. The predicted molar refractivity (Wildman–Crippen MR) is 83.5 cm³/mol. The number of para-hydroxylation sites is 1. The molecule has 0 fully saturated rings. The Morgan fingerprint density at radius 3 is 2.75 bits per heavy atom. The quantitative estimate of drug-likeness (QED) is 0.581. The first kappa shape index (κ1) is 13.4. The van der Waals surface area contributed by atoms with Crippen molar-refractivity contribution in [3.8, 4) is 0 Å². The summed E-state index contributed by atoms with van der Waals surface area (Å²) in [6.45, 7) is 1.95. The molecule has 2 nitrogen and oxygen atoms in total. The minimum absolute atomic E-state index is 0.216. The van der Waals surface area contributed by atoms with E-state index >= 15 is 0 Å². The monoisotopic (exact) mass is 348 g/mol. The van der Waals surface area contributed by atoms with Gasteiger partial charge < -0.3 is 4.42 Å². The molecule has 0 spiro atoms. The average molecular weight is 350 g/mol. The van der Waals surface area contributed by atoms with E-state index in [9.17, 15) is 4.79 Å². The van der Waals surface area contributed by atoms with Crippen molar-refractivity contribution >= 4 is 44.3 Å². The standard InChI is InChI=1S/C16H10BrClO2/c1-9-3-2-4-10-7-14(20-16(9)10)15(19)12-8-11(17)5-6-13(12)18/h2-8H,1H3. The summed E-state index contributed by atoms with van der Waals surface area (Å²) in [5, 5.41) is 1.33. The maximum atomic E-state index is 12.5. The lowest BCUT2D eigenvalue weighted by atomic mass is 10.1. The third-order valence-corrected chi connectivity index (χ3v) is 3.96. The van der Waals surface area contributed by atoms with Crippen LogP contribution in [0, 0.1) is 6.92 Å². The third-order valence-electron chi connectivity index (χ3n) is 3.14. The highest BCUT2D eigenvalue weighted by molar-refractivity contribution is 9.10. The highest BCUT2D eigenvalue weighted by atomic mass is 79.9. The lowest BCUT2D eigenvalue weighted by Gasteiger charge is -2.01. The third kappa shape index (κ3) is 2.28. The number of halogens is 2. The summed E-state index contributed by atoms with van der Waals surface area (Å²) < 4.78 is 6.49. The first-order valence-electron chi connectivity index (χ1n) is 6.05. The van der Waals surface area contributed by atoms with Crippen LogP contribution in [0.3, 0.4) is 0 Å². The van der Waals surface area contributed by atoms with Gasteiger partial charge in [-0.05, 0) is 36.8 Å². The first-order valence-corrected chi connectivity index (χ1v) is 7.22. The van der Waals surface area contributed by atoms with E-state index in [1.165, 1.54) is 0 Å². The second-order valence-electron chi connectivity index (χ2n) is 4.56. The van der Waals surface area contributed by atoms with Crippen molar-refractivity contribution in [2.75, 3.05) is 0 Å². The van der Waals surface area contributed by atoms with Crippen LogP contribution < -0.4 is 0 Å². The predicted octanol–water partition coefficient (Wildman–Crippen LogP) is 5.39. The van der Waals surface area contributed by atoms with E-state index in [0.717, 1.165) is 21.0 Å². The molecular weight excluding hydrogens is 340 g/mol. The lowest BCUT2D eigenvalue weighted by Crippen LogP contribution is -2.00. The Bertz CT molecular complexity index is 820. The molecule has 0 saturated carbocycles. The number of benzene rings is 2. The van der Waals surface area contributed by atoms with Gasteiger partial charge in [0.2, 0.25) is 5.78 Å². The van der Waals surface area contributed by atoms with Gasteiger partial charge in [0.25, 0.3) is 0 Å². The van der Waals surface area contributed by atoms with Crippen molar-refractivity contribution in [3.63, 3.8) is 0 Å². The fourth-order valence-electron chi connectivity index (χ4n) is 2.13. The molecule has 4 heteroatoms. The number of carbonyl (C=O) groups is 1. The topological polar surface area (TPSA) is 30.2 Å². The molecule has 100 valence electrons. The summed E-state index contributed by atoms with van der Waals surface area (Å²) in [6.07, 6.45) is 0. The number of hydrogen-bond acceptors (Lipinski definition) is 2. The molecule has 0 atom stereocenters. The number of aryl methyl sites for hydroxylation is 1. The van der Waals surface area contributed by atoms with E-state index in [0.29, 0.717) is 16.3 Å².